The molecule has 116 valence electrons. The van der Waals surface area contributed by atoms with Gasteiger partial charge in [-0.2, -0.15) is 0 Å². The lowest BCUT2D eigenvalue weighted by molar-refractivity contribution is 0.104. The number of benzene rings is 2. The molecule has 0 saturated heterocycles. The zero-order valence-electron chi connectivity index (χ0n) is 12.7. The Kier molecular flexibility index (Phi) is 5.27. The molecular weight excluding hydrogens is 304 g/mol. The van der Waals surface area contributed by atoms with E-state index < -0.39 is 0 Å². The Morgan fingerprint density at radius 2 is 1.87 bits per heavy atom. The molecule has 0 atom stereocenters. The van der Waals surface area contributed by atoms with Crippen LogP contribution in [0.4, 0.5) is 5.69 Å². The molecule has 0 fully saturated rings. The Bertz CT molecular complexity index is 721. The number of amidine groups is 1. The van der Waals surface area contributed by atoms with E-state index in [0.717, 1.165) is 35.1 Å². The van der Waals surface area contributed by atoms with Gasteiger partial charge in [0.05, 0.1) is 0 Å². The molecule has 4 heteroatoms. The molecule has 3 rings (SSSR count). The SMILES string of the molecule is O=C(/C=C/c1ccccc1)c1ccc(NC2=NCCCS2)cc1. The second-order valence-electron chi connectivity index (χ2n) is 5.20. The average Bonchev–Trinajstić information content (AvgIpc) is 2.62. The van der Waals surface area contributed by atoms with Gasteiger partial charge in [-0.3, -0.25) is 9.79 Å². The van der Waals surface area contributed by atoms with Gasteiger partial charge in [-0.05, 0) is 42.3 Å². The molecule has 0 unspecified atom stereocenters. The van der Waals surface area contributed by atoms with E-state index >= 15 is 0 Å². The summed E-state index contributed by atoms with van der Waals surface area (Å²) in [5, 5.41) is 4.25. The van der Waals surface area contributed by atoms with Crippen LogP contribution in [0.5, 0.6) is 0 Å². The summed E-state index contributed by atoms with van der Waals surface area (Å²) in [4.78, 5) is 16.6. The summed E-state index contributed by atoms with van der Waals surface area (Å²) in [6.45, 7) is 0.885. The van der Waals surface area contributed by atoms with Crippen LogP contribution in [-0.2, 0) is 0 Å². The number of hydrogen-bond donors (Lipinski definition) is 1. The molecule has 0 bridgehead atoms. The molecule has 0 aliphatic carbocycles. The molecule has 0 radical (unpaired) electrons. The maximum absolute atomic E-state index is 12.2. The Morgan fingerprint density at radius 1 is 1.09 bits per heavy atom. The van der Waals surface area contributed by atoms with Crippen LogP contribution in [0.25, 0.3) is 6.08 Å². The zero-order chi connectivity index (χ0) is 15.9. The smallest absolute Gasteiger partial charge is 0.185 e. The van der Waals surface area contributed by atoms with Gasteiger partial charge in [-0.15, -0.1) is 0 Å². The Morgan fingerprint density at radius 3 is 2.57 bits per heavy atom. The summed E-state index contributed by atoms with van der Waals surface area (Å²) >= 11 is 1.74. The number of carbonyl (C=O) groups excluding carboxylic acids is 1. The van der Waals surface area contributed by atoms with E-state index in [-0.39, 0.29) is 5.78 Å². The second kappa shape index (κ2) is 7.79. The molecule has 0 saturated carbocycles. The third-order valence-corrected chi connectivity index (χ3v) is 4.44. The summed E-state index contributed by atoms with van der Waals surface area (Å²) in [5.74, 6) is 1.11. The number of thioether (sulfide) groups is 1. The van der Waals surface area contributed by atoms with Crippen molar-refractivity contribution in [1.82, 2.24) is 0 Å². The van der Waals surface area contributed by atoms with Crippen LogP contribution >= 0.6 is 11.8 Å². The normalized spacial score (nSPS) is 14.5. The van der Waals surface area contributed by atoms with Crippen LogP contribution in [-0.4, -0.2) is 23.2 Å². The fourth-order valence-electron chi connectivity index (χ4n) is 2.21. The van der Waals surface area contributed by atoms with Crippen molar-refractivity contribution in [3.05, 3.63) is 71.8 Å². The lowest BCUT2D eigenvalue weighted by atomic mass is 10.1. The first kappa shape index (κ1) is 15.6. The molecule has 3 nitrogen and oxygen atoms in total. The number of ketones is 1. The summed E-state index contributed by atoms with van der Waals surface area (Å²) in [6.07, 6.45) is 4.58. The van der Waals surface area contributed by atoms with Crippen LogP contribution < -0.4 is 5.32 Å². The number of allylic oxidation sites excluding steroid dienone is 1. The number of nitrogens with zero attached hydrogens (tertiary/aromatic N) is 1. The fourth-order valence-corrected chi connectivity index (χ4v) is 3.05. The molecule has 0 amide bonds. The van der Waals surface area contributed by atoms with Gasteiger partial charge < -0.3 is 5.32 Å². The molecule has 1 heterocycles. The summed E-state index contributed by atoms with van der Waals surface area (Å²) < 4.78 is 0. The topological polar surface area (TPSA) is 41.5 Å². The van der Waals surface area contributed by atoms with E-state index in [1.807, 2.05) is 60.7 Å². The summed E-state index contributed by atoms with van der Waals surface area (Å²) in [6, 6.07) is 17.3. The predicted octanol–water partition coefficient (Wildman–Crippen LogP) is 4.49. The molecule has 1 aliphatic heterocycles. The number of nitrogens with one attached hydrogen (secondary N) is 1. The van der Waals surface area contributed by atoms with Crippen molar-refractivity contribution < 1.29 is 4.79 Å². The third kappa shape index (κ3) is 4.57. The number of anilines is 1. The minimum absolute atomic E-state index is 0.00443. The highest BCUT2D eigenvalue weighted by atomic mass is 32.2. The zero-order valence-corrected chi connectivity index (χ0v) is 13.6. The van der Waals surface area contributed by atoms with Gasteiger partial charge in [0.1, 0.15) is 0 Å². The first-order chi connectivity index (χ1) is 11.3. The molecule has 2 aromatic rings. The number of hydrogen-bond acceptors (Lipinski definition) is 4. The fraction of sp³-hybridized carbons (Fsp3) is 0.158. The first-order valence-electron chi connectivity index (χ1n) is 7.63. The molecule has 23 heavy (non-hydrogen) atoms. The maximum Gasteiger partial charge on any atom is 0.185 e. The molecule has 1 N–H and O–H groups in total. The van der Waals surface area contributed by atoms with Gasteiger partial charge in [0.15, 0.2) is 11.0 Å². The highest BCUT2D eigenvalue weighted by molar-refractivity contribution is 8.14. The lowest BCUT2D eigenvalue weighted by Gasteiger charge is -2.13. The maximum atomic E-state index is 12.2. The van der Waals surface area contributed by atoms with E-state index in [1.54, 1.807) is 17.8 Å². The van der Waals surface area contributed by atoms with Crippen LogP contribution in [0.15, 0.2) is 65.7 Å². The number of aliphatic imine (C=N–C) groups is 1. The van der Waals surface area contributed by atoms with E-state index in [9.17, 15) is 4.79 Å². The lowest BCUT2D eigenvalue weighted by Crippen LogP contribution is -2.13. The molecule has 1 aliphatic rings. The van der Waals surface area contributed by atoms with Crippen LogP contribution in [0, 0.1) is 0 Å². The van der Waals surface area contributed by atoms with Gasteiger partial charge in [0.25, 0.3) is 0 Å². The van der Waals surface area contributed by atoms with Crippen LogP contribution in [0.1, 0.15) is 22.3 Å². The van der Waals surface area contributed by atoms with Crippen LogP contribution in [0.2, 0.25) is 0 Å². The van der Waals surface area contributed by atoms with Gasteiger partial charge in [-0.25, -0.2) is 0 Å². The van der Waals surface area contributed by atoms with Crippen molar-refractivity contribution in [3.63, 3.8) is 0 Å². The molecule has 0 spiro atoms. The predicted molar refractivity (Wildman–Crippen MR) is 99.2 cm³/mol. The van der Waals surface area contributed by atoms with E-state index in [1.165, 1.54) is 0 Å². The van der Waals surface area contributed by atoms with Crippen molar-refractivity contribution in [1.29, 1.82) is 0 Å². The van der Waals surface area contributed by atoms with E-state index in [2.05, 4.69) is 10.3 Å². The molecular formula is C19H18N2OS. The Balaban J connectivity index is 1.63. The quantitative estimate of drug-likeness (QED) is 0.666. The Hall–Kier alpha value is -2.33. The monoisotopic (exact) mass is 322 g/mol. The van der Waals surface area contributed by atoms with Crippen molar-refractivity contribution >= 4 is 34.5 Å². The Labute approximate surface area is 140 Å². The van der Waals surface area contributed by atoms with E-state index in [4.69, 9.17) is 0 Å². The summed E-state index contributed by atoms with van der Waals surface area (Å²) in [5.41, 5.74) is 2.66. The van der Waals surface area contributed by atoms with Gasteiger partial charge in [0.2, 0.25) is 0 Å². The van der Waals surface area contributed by atoms with Crippen LogP contribution in [0.3, 0.4) is 0 Å². The summed E-state index contributed by atoms with van der Waals surface area (Å²) in [7, 11) is 0. The highest BCUT2D eigenvalue weighted by Gasteiger charge is 2.07. The molecule has 0 aromatic heterocycles. The van der Waals surface area contributed by atoms with Gasteiger partial charge in [0, 0.05) is 23.5 Å². The number of rotatable bonds is 4. The minimum Gasteiger partial charge on any atom is -0.335 e. The van der Waals surface area contributed by atoms with Gasteiger partial charge in [-0.1, -0.05) is 48.2 Å². The van der Waals surface area contributed by atoms with Crippen molar-refractivity contribution in [2.75, 3.05) is 17.6 Å². The molecule has 2 aromatic carbocycles. The van der Waals surface area contributed by atoms with Crippen molar-refractivity contribution in [2.24, 2.45) is 4.99 Å². The van der Waals surface area contributed by atoms with Crippen molar-refractivity contribution in [3.8, 4) is 0 Å². The third-order valence-electron chi connectivity index (χ3n) is 3.44. The highest BCUT2D eigenvalue weighted by Crippen LogP contribution is 2.17. The second-order valence-corrected chi connectivity index (χ2v) is 6.28. The number of carbonyl (C=O) groups is 1. The first-order valence-corrected chi connectivity index (χ1v) is 8.62. The minimum atomic E-state index is 0.00443. The average molecular weight is 322 g/mol. The van der Waals surface area contributed by atoms with E-state index in [0.29, 0.717) is 5.56 Å². The van der Waals surface area contributed by atoms with Gasteiger partial charge >= 0.3 is 0 Å². The largest absolute Gasteiger partial charge is 0.335 e. The van der Waals surface area contributed by atoms with Crippen molar-refractivity contribution in [2.45, 2.75) is 6.42 Å². The standard InChI is InChI=1S/C19H18N2OS/c22-18(12-7-15-5-2-1-3-6-15)16-8-10-17(11-9-16)21-19-20-13-4-14-23-19/h1-3,5-12H,4,13-14H2,(H,20,21)/b12-7+.